The molecule has 0 saturated carbocycles. The molecule has 20 rings (SSSR count). The Morgan fingerprint density at radius 3 is 1.12 bits per heavy atom. The molecule has 0 bridgehead atoms. The maximum absolute atomic E-state index is 11.3. The van der Waals surface area contributed by atoms with E-state index in [0.29, 0.717) is 67.4 Å². The van der Waals surface area contributed by atoms with Crippen molar-refractivity contribution in [3.8, 4) is 0 Å². The minimum Gasteiger partial charge on any atom is -0.385 e. The van der Waals surface area contributed by atoms with Gasteiger partial charge in [-0.25, -0.2) is 49.8 Å². The van der Waals surface area contributed by atoms with Crippen LogP contribution in [0, 0.1) is 41.5 Å². The van der Waals surface area contributed by atoms with Crippen molar-refractivity contribution in [1.29, 1.82) is 0 Å². The van der Waals surface area contributed by atoms with E-state index in [1.165, 1.54) is 116 Å². The molecule has 25 heteroatoms. The number of aryl methyl sites for hydroxylation is 6. The quantitative estimate of drug-likeness (QED) is 0.0884. The Bertz CT molecular complexity index is 5170. The van der Waals surface area contributed by atoms with Gasteiger partial charge in [-0.2, -0.15) is 0 Å². The number of fused-ring (bicyclic) bond motifs is 20. The molecule has 4 N–H and O–H groups in total. The first kappa shape index (κ1) is 72.5. The third kappa shape index (κ3) is 13.7. The van der Waals surface area contributed by atoms with Gasteiger partial charge in [-0.05, 0) is 164 Å². The summed E-state index contributed by atoms with van der Waals surface area (Å²) in [7, 11) is 0. The van der Waals surface area contributed by atoms with Crippen LogP contribution in [0.3, 0.4) is 0 Å². The van der Waals surface area contributed by atoms with Crippen LogP contribution in [-0.4, -0.2) is 175 Å². The van der Waals surface area contributed by atoms with E-state index in [-0.39, 0.29) is 0 Å². The molecule has 8 aliphatic heterocycles. The first-order valence-corrected chi connectivity index (χ1v) is 39.4. The summed E-state index contributed by atoms with van der Waals surface area (Å²) in [6.45, 7) is 28.1. The van der Waals surface area contributed by atoms with E-state index in [0.717, 1.165) is 143 Å². The molecule has 8 aliphatic rings. The number of aliphatic hydroxyl groups excluding tert-OH is 1. The molecule has 25 nitrogen and oxygen atoms in total. The summed E-state index contributed by atoms with van der Waals surface area (Å²) >= 11 is 0. The molecule has 4 fully saturated rings. The Morgan fingerprint density at radius 1 is 0.376 bits per heavy atom. The van der Waals surface area contributed by atoms with Gasteiger partial charge in [0.25, 0.3) is 0 Å². The lowest BCUT2D eigenvalue weighted by molar-refractivity contribution is 0.0371. The molecule has 8 unspecified atom stereocenters. The maximum Gasteiger partial charge on any atom is 0.159 e. The summed E-state index contributed by atoms with van der Waals surface area (Å²) < 4.78 is 8.80. The number of nitrogens with zero attached hydrogens (tertiary/aromatic N) is 21. The monoisotopic (exact) mass is 1470 g/mol. The highest BCUT2D eigenvalue weighted by atomic mass is 16.3. The number of aromatic nitrogens is 17. The third-order valence-electron chi connectivity index (χ3n) is 24.4. The summed E-state index contributed by atoms with van der Waals surface area (Å²) in [5.41, 5.74) is 22.7. The van der Waals surface area contributed by atoms with Crippen molar-refractivity contribution in [3.05, 3.63) is 206 Å². The van der Waals surface area contributed by atoms with Crippen LogP contribution in [-0.2, 0) is 68.7 Å². The van der Waals surface area contributed by atoms with Crippen LogP contribution < -0.4 is 0 Å². The van der Waals surface area contributed by atoms with Gasteiger partial charge in [-0.15, -0.1) is 0 Å². The summed E-state index contributed by atoms with van der Waals surface area (Å²) in [5.74, 6) is 0.700. The van der Waals surface area contributed by atoms with Gasteiger partial charge in [-0.3, -0.25) is 34.6 Å². The van der Waals surface area contributed by atoms with Crippen molar-refractivity contribution in [1.82, 2.24) is 103 Å². The second-order valence-electron chi connectivity index (χ2n) is 32.4. The van der Waals surface area contributed by atoms with Crippen LogP contribution in [0.5, 0.6) is 0 Å². The number of aliphatic hydroxyl groups is 4. The molecule has 0 aromatic carbocycles. The predicted octanol–water partition coefficient (Wildman–Crippen LogP) is 10.8. The largest absolute Gasteiger partial charge is 0.385 e. The lowest BCUT2D eigenvalue weighted by atomic mass is 9.96. The SMILES string of the molecule is Cc1ccc(C(C)(O)Cn2c3c(c4nc(C)cnc42)C2CCCN2CC3)cn1.Cc1cnc2c(n1)c1c(n2CC(C)(O)c2cccnc2)CCN2CCCC12.Cc1cnc2c(n1)c1c(n2CC(C)(O)c2cnc(C)nc2)CCN2CCCC12.Cc1cnc2c(n1)c1c(n2CC(O)c2ccccn2)CCN2CCCC12. The topological polar surface area (TPSA) is 281 Å². The highest BCUT2D eigenvalue weighted by Gasteiger charge is 2.43. The van der Waals surface area contributed by atoms with Crippen LogP contribution in [0.2, 0.25) is 0 Å². The molecule has 109 heavy (non-hydrogen) atoms. The lowest BCUT2D eigenvalue weighted by Gasteiger charge is -2.32. The summed E-state index contributed by atoms with van der Waals surface area (Å²) in [5, 5.41) is 44.6. The molecular weight excluding hydrogens is 1370 g/mol. The van der Waals surface area contributed by atoms with Gasteiger partial charge in [0.2, 0.25) is 0 Å². The fourth-order valence-electron chi connectivity index (χ4n) is 19.1. The molecule has 0 amide bonds. The van der Waals surface area contributed by atoms with Gasteiger partial charge in [0.1, 0.15) is 50.8 Å². The summed E-state index contributed by atoms with van der Waals surface area (Å²) in [6.07, 6.45) is 30.6. The van der Waals surface area contributed by atoms with Crippen LogP contribution in [0.1, 0.15) is 204 Å². The molecule has 20 heterocycles. The minimum atomic E-state index is -1.09. The van der Waals surface area contributed by atoms with E-state index in [1.54, 1.807) is 37.2 Å². The molecule has 0 radical (unpaired) electrons. The van der Waals surface area contributed by atoms with Crippen molar-refractivity contribution < 1.29 is 20.4 Å². The first-order chi connectivity index (χ1) is 52.6. The first-order valence-electron chi connectivity index (χ1n) is 39.4. The van der Waals surface area contributed by atoms with E-state index < -0.39 is 22.9 Å². The van der Waals surface area contributed by atoms with Crippen LogP contribution in [0.4, 0.5) is 0 Å². The molecule has 8 atom stereocenters. The highest BCUT2D eigenvalue weighted by molar-refractivity contribution is 5.82. The third-order valence-corrected chi connectivity index (χ3v) is 24.4. The zero-order valence-corrected chi connectivity index (χ0v) is 64.4. The average Bonchev–Trinajstić information content (AvgIpc) is 1.60. The lowest BCUT2D eigenvalue weighted by Crippen LogP contribution is -2.33. The zero-order chi connectivity index (χ0) is 75.2. The van der Waals surface area contributed by atoms with E-state index in [9.17, 15) is 20.4 Å². The minimum absolute atomic E-state index is 0.412. The second-order valence-corrected chi connectivity index (χ2v) is 32.4. The Morgan fingerprint density at radius 2 is 0.752 bits per heavy atom. The highest BCUT2D eigenvalue weighted by Crippen LogP contribution is 2.48. The Hall–Kier alpha value is -9.31. The van der Waals surface area contributed by atoms with Crippen molar-refractivity contribution in [3.63, 3.8) is 0 Å². The predicted molar refractivity (Wildman–Crippen MR) is 416 cm³/mol. The number of pyridine rings is 3. The van der Waals surface area contributed by atoms with E-state index in [2.05, 4.69) is 62.8 Å². The maximum atomic E-state index is 11.3. The number of hydrogen-bond donors (Lipinski definition) is 4. The molecule has 0 spiro atoms. The molecule has 566 valence electrons. The van der Waals surface area contributed by atoms with Gasteiger partial charge < -0.3 is 38.7 Å². The molecule has 4 saturated heterocycles. The van der Waals surface area contributed by atoms with Crippen molar-refractivity contribution >= 4 is 44.7 Å². The smallest absolute Gasteiger partial charge is 0.159 e. The molecule has 12 aromatic rings. The van der Waals surface area contributed by atoms with E-state index >= 15 is 0 Å². The summed E-state index contributed by atoms with van der Waals surface area (Å²) in [4.78, 5) is 70.1. The fraction of sp³-hybridized carbons (Fsp3) is 0.488. The van der Waals surface area contributed by atoms with Crippen LogP contribution >= 0.6 is 0 Å². The Balaban J connectivity index is 0.000000106. The van der Waals surface area contributed by atoms with Gasteiger partial charge in [0.15, 0.2) is 22.6 Å². The van der Waals surface area contributed by atoms with Gasteiger partial charge in [0, 0.05) is 181 Å². The standard InChI is InChI=1S/C22H27N5O.C21H26N6O.C21H25N5O.C20H23N5O/c1-14-6-7-16(12-23-14)22(3,28)13-27-18-8-10-26-9-4-5-17(26)19(18)20-21(27)24-11-15(2)25-20;1-13-9-24-20-19(25-13)18-16-5-4-7-26(16)8-6-17(18)27(20)12-21(3,28)15-10-22-14(2)23-11-15;1-14-11-23-20-19(24-14)18-16-6-4-9-25(16)10-7-17(18)26(20)13-21(2,27)15-5-3-8-22-12-15;1-13-11-22-20-19(23-13)18-15-6-4-9-24(15)10-7-16(18)25(20)12-17(26)14-5-2-3-8-21-14/h6-7,11-12,17,28H,4-5,8-10,13H2,1-3H3;9-11,16,28H,4-8,12H2,1-3H3;3,5,8,11-12,16,27H,4,6-7,9-10,13H2,1-2H3;2-3,5,8,11,15,17,26H,4,6-7,9-10,12H2,1H3. The van der Waals surface area contributed by atoms with Gasteiger partial charge in [0.05, 0.1) is 79.4 Å². The number of rotatable bonds is 12. The van der Waals surface area contributed by atoms with Gasteiger partial charge >= 0.3 is 0 Å². The Kier molecular flexibility index (Phi) is 19.4. The Labute approximate surface area is 635 Å². The second kappa shape index (κ2) is 29.2. The van der Waals surface area contributed by atoms with E-state index in [1.807, 2.05) is 130 Å². The van der Waals surface area contributed by atoms with Crippen LogP contribution in [0.25, 0.3) is 44.7 Å². The fourth-order valence-corrected chi connectivity index (χ4v) is 19.1. The van der Waals surface area contributed by atoms with Crippen molar-refractivity contribution in [2.45, 2.75) is 213 Å². The summed E-state index contributed by atoms with van der Waals surface area (Å²) in [6, 6.07) is 15.1. The average molecular weight is 1470 g/mol. The van der Waals surface area contributed by atoms with Crippen LogP contribution in [0.15, 0.2) is 104 Å². The molecular formula is C84H101N21O4. The van der Waals surface area contributed by atoms with Crippen molar-refractivity contribution in [2.24, 2.45) is 0 Å². The van der Waals surface area contributed by atoms with Gasteiger partial charge in [-0.1, -0.05) is 18.2 Å². The molecule has 12 aromatic heterocycles. The molecule has 0 aliphatic carbocycles. The zero-order valence-electron chi connectivity index (χ0n) is 64.4. The normalized spacial score (nSPS) is 21.4. The van der Waals surface area contributed by atoms with E-state index in [4.69, 9.17) is 39.9 Å². The van der Waals surface area contributed by atoms with Crippen molar-refractivity contribution in [2.75, 3.05) is 52.4 Å². The number of hydrogen-bond acceptors (Lipinski definition) is 21.